The lowest BCUT2D eigenvalue weighted by Crippen LogP contribution is -2.35. The number of rotatable bonds is 6. The first-order valence-corrected chi connectivity index (χ1v) is 5.80. The van der Waals surface area contributed by atoms with Crippen LogP contribution in [0.2, 0.25) is 0 Å². The van der Waals surface area contributed by atoms with Gasteiger partial charge in [-0.3, -0.25) is 0 Å². The molecule has 0 saturated carbocycles. The summed E-state index contributed by atoms with van der Waals surface area (Å²) in [6.45, 7) is 4.35. The van der Waals surface area contributed by atoms with Gasteiger partial charge in [-0.1, -0.05) is 13.8 Å². The summed E-state index contributed by atoms with van der Waals surface area (Å²) in [6.07, 6.45) is 1.37. The molecule has 0 spiro atoms. The van der Waals surface area contributed by atoms with Crippen LogP contribution >= 0.6 is 0 Å². The Labute approximate surface area is 101 Å². The second-order valence-electron chi connectivity index (χ2n) is 4.17. The van der Waals surface area contributed by atoms with Crippen molar-refractivity contribution in [3.05, 3.63) is 29.8 Å². The molecular weight excluding hydrogens is 218 g/mol. The Morgan fingerprint density at radius 1 is 1.24 bits per heavy atom. The Morgan fingerprint density at radius 2 is 1.76 bits per heavy atom. The van der Waals surface area contributed by atoms with Crippen molar-refractivity contribution in [3.63, 3.8) is 0 Å². The summed E-state index contributed by atoms with van der Waals surface area (Å²) in [5, 5.41) is 21.9. The highest BCUT2D eigenvalue weighted by molar-refractivity contribution is 5.87. The first-order chi connectivity index (χ1) is 8.00. The lowest BCUT2D eigenvalue weighted by molar-refractivity contribution is 0.0457. The van der Waals surface area contributed by atoms with Crippen molar-refractivity contribution in [3.8, 4) is 0 Å². The summed E-state index contributed by atoms with van der Waals surface area (Å²) < 4.78 is 0. The third kappa shape index (κ3) is 3.75. The molecule has 0 bridgehead atoms. The molecule has 0 aromatic heterocycles. The zero-order valence-corrected chi connectivity index (χ0v) is 10.2. The molecule has 1 aromatic carbocycles. The van der Waals surface area contributed by atoms with Crippen LogP contribution in [-0.4, -0.2) is 28.3 Å². The standard InChI is InChI=1S/C13H19NO3/c1-3-13(17,4-2)9-14-11-7-5-10(6-8-11)12(15)16/h5-8,14,17H,3-4,9H2,1-2H3,(H,15,16). The molecule has 3 N–H and O–H groups in total. The summed E-state index contributed by atoms with van der Waals surface area (Å²) in [4.78, 5) is 10.7. The van der Waals surface area contributed by atoms with Crippen LogP contribution in [0.15, 0.2) is 24.3 Å². The van der Waals surface area contributed by atoms with Crippen molar-refractivity contribution in [2.45, 2.75) is 32.3 Å². The Balaban J connectivity index is 2.61. The summed E-state index contributed by atoms with van der Waals surface area (Å²) in [6, 6.07) is 6.49. The van der Waals surface area contributed by atoms with Gasteiger partial charge in [0.1, 0.15) is 0 Å². The molecule has 0 aliphatic heterocycles. The fourth-order valence-electron chi connectivity index (χ4n) is 1.50. The maximum atomic E-state index is 10.7. The maximum absolute atomic E-state index is 10.7. The van der Waals surface area contributed by atoms with E-state index < -0.39 is 11.6 Å². The van der Waals surface area contributed by atoms with Gasteiger partial charge in [0.25, 0.3) is 0 Å². The molecule has 0 unspecified atom stereocenters. The lowest BCUT2D eigenvalue weighted by Gasteiger charge is -2.25. The van der Waals surface area contributed by atoms with E-state index in [1.54, 1.807) is 24.3 Å². The van der Waals surface area contributed by atoms with Crippen LogP contribution in [-0.2, 0) is 0 Å². The first-order valence-electron chi connectivity index (χ1n) is 5.80. The van der Waals surface area contributed by atoms with Gasteiger partial charge in [0.15, 0.2) is 0 Å². The highest BCUT2D eigenvalue weighted by atomic mass is 16.4. The van der Waals surface area contributed by atoms with Gasteiger partial charge in [-0.05, 0) is 37.1 Å². The van der Waals surface area contributed by atoms with Crippen LogP contribution < -0.4 is 5.32 Å². The summed E-state index contributed by atoms with van der Waals surface area (Å²) in [7, 11) is 0. The number of anilines is 1. The molecule has 0 heterocycles. The molecule has 1 rings (SSSR count). The van der Waals surface area contributed by atoms with Crippen molar-refractivity contribution in [2.75, 3.05) is 11.9 Å². The van der Waals surface area contributed by atoms with Gasteiger partial charge in [0.2, 0.25) is 0 Å². The molecule has 17 heavy (non-hydrogen) atoms. The molecule has 0 saturated heterocycles. The number of aromatic carboxylic acids is 1. The summed E-state index contributed by atoms with van der Waals surface area (Å²) >= 11 is 0. The van der Waals surface area contributed by atoms with Crippen molar-refractivity contribution in [2.24, 2.45) is 0 Å². The fraction of sp³-hybridized carbons (Fsp3) is 0.462. The van der Waals surface area contributed by atoms with Crippen molar-refractivity contribution in [1.29, 1.82) is 0 Å². The van der Waals surface area contributed by atoms with E-state index >= 15 is 0 Å². The minimum atomic E-state index is -0.935. The Hall–Kier alpha value is -1.55. The fourth-order valence-corrected chi connectivity index (χ4v) is 1.50. The van der Waals surface area contributed by atoms with Gasteiger partial charge in [0, 0.05) is 12.2 Å². The molecule has 0 radical (unpaired) electrons. The predicted octanol–water partition coefficient (Wildman–Crippen LogP) is 2.35. The minimum Gasteiger partial charge on any atom is -0.478 e. The third-order valence-electron chi connectivity index (χ3n) is 3.07. The minimum absolute atomic E-state index is 0.261. The van der Waals surface area contributed by atoms with Crippen molar-refractivity contribution >= 4 is 11.7 Å². The zero-order chi connectivity index (χ0) is 12.9. The molecule has 94 valence electrons. The second kappa shape index (κ2) is 5.68. The van der Waals surface area contributed by atoms with Gasteiger partial charge in [0.05, 0.1) is 11.2 Å². The maximum Gasteiger partial charge on any atom is 0.335 e. The lowest BCUT2D eigenvalue weighted by atomic mass is 9.97. The van der Waals surface area contributed by atoms with Crippen LogP contribution in [0, 0.1) is 0 Å². The number of aliphatic hydroxyl groups is 1. The van der Waals surface area contributed by atoms with E-state index in [0.717, 1.165) is 5.69 Å². The van der Waals surface area contributed by atoms with E-state index in [9.17, 15) is 9.90 Å². The number of carboxylic acids is 1. The molecule has 4 nitrogen and oxygen atoms in total. The van der Waals surface area contributed by atoms with E-state index in [1.807, 2.05) is 13.8 Å². The van der Waals surface area contributed by atoms with Crippen LogP contribution in [0.3, 0.4) is 0 Å². The van der Waals surface area contributed by atoms with Gasteiger partial charge >= 0.3 is 5.97 Å². The molecular formula is C13H19NO3. The smallest absolute Gasteiger partial charge is 0.335 e. The number of carbonyl (C=O) groups is 1. The SMILES string of the molecule is CCC(O)(CC)CNc1ccc(C(=O)O)cc1. The van der Waals surface area contributed by atoms with Crippen LogP contribution in [0.5, 0.6) is 0 Å². The van der Waals surface area contributed by atoms with E-state index in [2.05, 4.69) is 5.32 Å². The van der Waals surface area contributed by atoms with E-state index in [4.69, 9.17) is 5.11 Å². The largest absolute Gasteiger partial charge is 0.478 e. The molecule has 0 aliphatic rings. The number of nitrogens with one attached hydrogen (secondary N) is 1. The van der Waals surface area contributed by atoms with Gasteiger partial charge in [-0.15, -0.1) is 0 Å². The highest BCUT2D eigenvalue weighted by Crippen LogP contribution is 2.16. The van der Waals surface area contributed by atoms with E-state index in [0.29, 0.717) is 19.4 Å². The Bertz CT molecular complexity index is 369. The first kappa shape index (κ1) is 13.5. The van der Waals surface area contributed by atoms with Crippen molar-refractivity contribution < 1.29 is 15.0 Å². The summed E-state index contributed by atoms with van der Waals surface area (Å²) in [5.41, 5.74) is 0.373. The van der Waals surface area contributed by atoms with Crippen LogP contribution in [0.4, 0.5) is 5.69 Å². The van der Waals surface area contributed by atoms with Crippen LogP contribution in [0.1, 0.15) is 37.0 Å². The molecule has 0 fully saturated rings. The van der Waals surface area contributed by atoms with Gasteiger partial charge in [-0.25, -0.2) is 4.79 Å². The quantitative estimate of drug-likeness (QED) is 0.710. The number of benzene rings is 1. The molecule has 0 amide bonds. The number of hydrogen-bond donors (Lipinski definition) is 3. The molecule has 0 aliphatic carbocycles. The van der Waals surface area contributed by atoms with E-state index in [-0.39, 0.29) is 5.56 Å². The Kier molecular flexibility index (Phi) is 4.52. The number of carboxylic acid groups (broad SMARTS) is 1. The molecule has 1 aromatic rings. The second-order valence-corrected chi connectivity index (χ2v) is 4.17. The molecule has 4 heteroatoms. The average Bonchev–Trinajstić information content (AvgIpc) is 2.36. The van der Waals surface area contributed by atoms with Gasteiger partial charge < -0.3 is 15.5 Å². The Morgan fingerprint density at radius 3 is 2.18 bits per heavy atom. The average molecular weight is 237 g/mol. The monoisotopic (exact) mass is 237 g/mol. The summed E-state index contributed by atoms with van der Waals surface area (Å²) in [5.74, 6) is -0.935. The molecule has 0 atom stereocenters. The topological polar surface area (TPSA) is 69.6 Å². The highest BCUT2D eigenvalue weighted by Gasteiger charge is 2.21. The van der Waals surface area contributed by atoms with Gasteiger partial charge in [-0.2, -0.15) is 0 Å². The third-order valence-corrected chi connectivity index (χ3v) is 3.07. The van der Waals surface area contributed by atoms with E-state index in [1.165, 1.54) is 0 Å². The number of hydrogen-bond acceptors (Lipinski definition) is 3. The predicted molar refractivity (Wildman–Crippen MR) is 67.4 cm³/mol. The van der Waals surface area contributed by atoms with Crippen molar-refractivity contribution in [1.82, 2.24) is 0 Å². The zero-order valence-electron chi connectivity index (χ0n) is 10.2. The normalized spacial score (nSPS) is 11.2. The van der Waals surface area contributed by atoms with Crippen LogP contribution in [0.25, 0.3) is 0 Å².